The molecule has 1 saturated heterocycles. The molecule has 0 bridgehead atoms. The maximum Gasteiger partial charge on any atom is 0.0989 e. The molecule has 1 heteroatoms. The number of anilines is 1. The highest BCUT2D eigenvalue weighted by Gasteiger charge is 2.53. The Balaban J connectivity index is 1.64. The van der Waals surface area contributed by atoms with Crippen LogP contribution in [-0.2, 0) is 0 Å². The summed E-state index contributed by atoms with van der Waals surface area (Å²) >= 11 is 0. The molecule has 6 rings (SSSR count). The molecule has 0 aromatic heterocycles. The zero-order chi connectivity index (χ0) is 26.3. The number of hydrogen-bond donors (Lipinski definition) is 0. The van der Waals surface area contributed by atoms with Gasteiger partial charge >= 0.3 is 0 Å². The van der Waals surface area contributed by atoms with Crippen LogP contribution in [0.1, 0.15) is 90.3 Å². The molecular formula is C36H40N. The number of rotatable bonds is 4. The lowest BCUT2D eigenvalue weighted by Gasteiger charge is -2.42. The Morgan fingerprint density at radius 1 is 0.622 bits per heavy atom. The summed E-state index contributed by atoms with van der Waals surface area (Å²) in [5.74, 6) is 0.917. The van der Waals surface area contributed by atoms with Gasteiger partial charge in [-0.25, -0.2) is 0 Å². The topological polar surface area (TPSA) is 3.24 Å². The first-order valence-corrected chi connectivity index (χ1v) is 14.0. The summed E-state index contributed by atoms with van der Waals surface area (Å²) in [4.78, 5) is 2.74. The van der Waals surface area contributed by atoms with Crippen LogP contribution < -0.4 is 4.90 Å². The molecule has 1 aliphatic heterocycles. The highest BCUT2D eigenvalue weighted by molar-refractivity contribution is 6.23. The van der Waals surface area contributed by atoms with E-state index in [1.807, 2.05) is 0 Å². The van der Waals surface area contributed by atoms with Crippen LogP contribution in [0.4, 0.5) is 5.69 Å². The maximum atomic E-state index is 2.74. The Morgan fingerprint density at radius 2 is 1.08 bits per heavy atom. The number of benzene rings is 5. The van der Waals surface area contributed by atoms with Crippen molar-refractivity contribution in [2.75, 3.05) is 4.90 Å². The van der Waals surface area contributed by atoms with Gasteiger partial charge in [-0.2, -0.15) is 0 Å². The van der Waals surface area contributed by atoms with Gasteiger partial charge < -0.3 is 4.90 Å². The molecule has 0 N–H and O–H groups in total. The number of para-hydroxylation sites is 1. The van der Waals surface area contributed by atoms with E-state index < -0.39 is 0 Å². The fourth-order valence-corrected chi connectivity index (χ4v) is 7.44. The van der Waals surface area contributed by atoms with Crippen molar-refractivity contribution in [1.82, 2.24) is 0 Å². The summed E-state index contributed by atoms with van der Waals surface area (Å²) < 4.78 is 0. The first-order valence-electron chi connectivity index (χ1n) is 14.0. The molecule has 37 heavy (non-hydrogen) atoms. The van der Waals surface area contributed by atoms with Crippen molar-refractivity contribution in [3.05, 3.63) is 95.5 Å². The third-order valence-corrected chi connectivity index (χ3v) is 8.65. The van der Waals surface area contributed by atoms with Gasteiger partial charge in [0, 0.05) is 11.2 Å². The fourth-order valence-electron chi connectivity index (χ4n) is 7.44. The second-order valence-corrected chi connectivity index (χ2v) is 13.2. The lowest BCUT2D eigenvalue weighted by atomic mass is 9.78. The number of nitrogens with zero attached hydrogens (tertiary/aromatic N) is 1. The Kier molecular flexibility index (Phi) is 5.40. The summed E-state index contributed by atoms with van der Waals surface area (Å²) in [6.45, 7) is 19.1. The van der Waals surface area contributed by atoms with E-state index in [2.05, 4.69) is 133 Å². The van der Waals surface area contributed by atoms with Crippen molar-refractivity contribution in [3.63, 3.8) is 0 Å². The third kappa shape index (κ3) is 3.65. The van der Waals surface area contributed by atoms with Gasteiger partial charge in [0.1, 0.15) is 0 Å². The second-order valence-electron chi connectivity index (χ2n) is 13.2. The molecule has 0 saturated carbocycles. The Hall–Kier alpha value is -3.06. The molecule has 189 valence electrons. The first kappa shape index (κ1) is 24.3. The highest BCUT2D eigenvalue weighted by atomic mass is 15.3. The Morgan fingerprint density at radius 3 is 1.59 bits per heavy atom. The van der Waals surface area contributed by atoms with E-state index in [-0.39, 0.29) is 11.0 Å². The van der Waals surface area contributed by atoms with E-state index in [4.69, 9.17) is 0 Å². The lowest BCUT2D eigenvalue weighted by Crippen LogP contribution is -2.42. The van der Waals surface area contributed by atoms with Gasteiger partial charge in [0.15, 0.2) is 0 Å². The van der Waals surface area contributed by atoms with Crippen molar-refractivity contribution in [3.8, 4) is 0 Å². The Labute approximate surface area is 222 Å². The van der Waals surface area contributed by atoms with Crippen LogP contribution in [0.2, 0.25) is 0 Å². The molecule has 0 unspecified atom stereocenters. The van der Waals surface area contributed by atoms with Gasteiger partial charge in [-0.3, -0.25) is 0 Å². The molecule has 0 amide bonds. The predicted octanol–water partition coefficient (Wildman–Crippen LogP) is 10.4. The van der Waals surface area contributed by atoms with Crippen molar-refractivity contribution < 1.29 is 0 Å². The van der Waals surface area contributed by atoms with Crippen LogP contribution in [0, 0.1) is 11.5 Å². The van der Waals surface area contributed by atoms with E-state index in [1.54, 1.807) is 0 Å². The molecule has 1 fully saturated rings. The number of hydrogen-bond acceptors (Lipinski definition) is 1. The molecule has 1 radical (unpaired) electrons. The minimum atomic E-state index is 0.00600. The molecule has 1 nitrogen and oxygen atoms in total. The summed E-state index contributed by atoms with van der Waals surface area (Å²) in [5.41, 5.74) is 5.74. The van der Waals surface area contributed by atoms with E-state index in [1.165, 1.54) is 60.7 Å². The fraction of sp³-hybridized carbons (Fsp3) is 0.361. The molecule has 0 aliphatic carbocycles. The van der Waals surface area contributed by atoms with E-state index in [9.17, 15) is 0 Å². The van der Waals surface area contributed by atoms with Crippen LogP contribution in [0.3, 0.4) is 0 Å². The Bertz CT molecular complexity index is 1530. The molecule has 0 atom stereocenters. The van der Waals surface area contributed by atoms with Gasteiger partial charge in [0.25, 0.3) is 0 Å². The second kappa shape index (κ2) is 8.22. The average molecular weight is 487 g/mol. The summed E-state index contributed by atoms with van der Waals surface area (Å²) in [6.07, 6.45) is 1.12. The van der Waals surface area contributed by atoms with Crippen molar-refractivity contribution in [1.29, 1.82) is 0 Å². The van der Waals surface area contributed by atoms with E-state index in [0.717, 1.165) is 6.42 Å². The van der Waals surface area contributed by atoms with Gasteiger partial charge in [-0.15, -0.1) is 0 Å². The molecular weight excluding hydrogens is 446 g/mol. The maximum absolute atomic E-state index is 2.74. The summed E-state index contributed by atoms with van der Waals surface area (Å²) in [5, 5.41) is 8.12. The van der Waals surface area contributed by atoms with Crippen LogP contribution in [0.25, 0.3) is 32.3 Å². The smallest absolute Gasteiger partial charge is 0.0989 e. The van der Waals surface area contributed by atoms with E-state index >= 15 is 0 Å². The van der Waals surface area contributed by atoms with Crippen LogP contribution >= 0.6 is 0 Å². The monoisotopic (exact) mass is 486 g/mol. The molecule has 1 aliphatic rings. The molecule has 5 aromatic rings. The van der Waals surface area contributed by atoms with Gasteiger partial charge in [0.05, 0.1) is 6.04 Å². The van der Waals surface area contributed by atoms with E-state index in [0.29, 0.717) is 11.8 Å². The van der Waals surface area contributed by atoms with Crippen molar-refractivity contribution >= 4 is 38.0 Å². The third-order valence-electron chi connectivity index (χ3n) is 8.65. The van der Waals surface area contributed by atoms with Gasteiger partial charge in [-0.05, 0) is 98.7 Å². The average Bonchev–Trinajstić information content (AvgIpc) is 3.04. The minimum absolute atomic E-state index is 0.00600. The minimum Gasteiger partial charge on any atom is -0.353 e. The summed E-state index contributed by atoms with van der Waals surface area (Å²) in [7, 11) is 0. The summed E-state index contributed by atoms with van der Waals surface area (Å²) in [6, 6.07) is 29.2. The zero-order valence-corrected chi connectivity index (χ0v) is 23.7. The normalized spacial score (nSPS) is 17.8. The quantitative estimate of drug-likeness (QED) is 0.228. The molecule has 0 spiro atoms. The van der Waals surface area contributed by atoms with Crippen LogP contribution in [-0.4, -0.2) is 5.54 Å². The predicted molar refractivity (Wildman–Crippen MR) is 162 cm³/mol. The molecule has 1 heterocycles. The van der Waals surface area contributed by atoms with Crippen LogP contribution in [0.5, 0.6) is 0 Å². The lowest BCUT2D eigenvalue weighted by molar-refractivity contribution is 0.376. The largest absolute Gasteiger partial charge is 0.353 e. The van der Waals surface area contributed by atoms with Crippen molar-refractivity contribution in [2.45, 2.75) is 79.2 Å². The highest BCUT2D eigenvalue weighted by Crippen LogP contribution is 2.58. The van der Waals surface area contributed by atoms with Gasteiger partial charge in [-0.1, -0.05) is 102 Å². The van der Waals surface area contributed by atoms with Gasteiger partial charge in [0.2, 0.25) is 0 Å². The first-order chi connectivity index (χ1) is 17.5. The molecule has 5 aromatic carbocycles. The SMILES string of the molecule is CC(C)c1cccc(C(C)C)c1N1[C](c2cc3ccc4cccc5ccc(c2)c3c45)C(C)(C)CC1(C)C. The van der Waals surface area contributed by atoms with Crippen molar-refractivity contribution in [2.24, 2.45) is 5.41 Å². The zero-order valence-electron chi connectivity index (χ0n) is 23.7. The van der Waals surface area contributed by atoms with Crippen LogP contribution in [0.15, 0.2) is 72.8 Å². The standard InChI is InChI=1S/C36H40N/c1-22(2)29-13-10-14-30(23(3)4)33(29)37-34(35(5,6)21-36(37,7)8)28-19-26-17-15-24-11-9-12-25-16-18-27(20-28)32(26)31(24)25/h9-20,22-23H,21H2,1-8H3.